The van der Waals surface area contributed by atoms with Gasteiger partial charge in [0.1, 0.15) is 18.2 Å². The van der Waals surface area contributed by atoms with E-state index in [1.165, 1.54) is 12.1 Å². The average molecular weight is 452 g/mol. The van der Waals surface area contributed by atoms with Crippen molar-refractivity contribution in [3.05, 3.63) is 88.2 Å². The van der Waals surface area contributed by atoms with Gasteiger partial charge in [-0.1, -0.05) is 41.9 Å². The topological polar surface area (TPSA) is 39.7 Å². The lowest BCUT2D eigenvalue weighted by atomic mass is 10.1. The number of ether oxygens (including phenoxy) is 3. The number of benzene rings is 3. The van der Waals surface area contributed by atoms with Gasteiger partial charge in [0.05, 0.1) is 19.2 Å². The number of methoxy groups -OCH3 is 2. The summed E-state index contributed by atoms with van der Waals surface area (Å²) < 4.78 is 29.8. The number of para-hydroxylation sites is 1. The molecule has 7 heteroatoms. The van der Waals surface area contributed by atoms with Crippen LogP contribution in [0.4, 0.5) is 4.39 Å². The monoisotopic (exact) mass is 451 g/mol. The first-order chi connectivity index (χ1) is 14.1. The second kappa shape index (κ2) is 11.6. The zero-order valence-corrected chi connectivity index (χ0v) is 18.4. The molecule has 0 aliphatic rings. The fourth-order valence-electron chi connectivity index (χ4n) is 2.93. The number of hydrogen-bond acceptors (Lipinski definition) is 4. The second-order valence-corrected chi connectivity index (χ2v) is 6.83. The van der Waals surface area contributed by atoms with Crippen LogP contribution in [0.1, 0.15) is 16.7 Å². The molecule has 0 aliphatic heterocycles. The molecule has 160 valence electrons. The van der Waals surface area contributed by atoms with E-state index in [4.69, 9.17) is 25.8 Å². The van der Waals surface area contributed by atoms with Crippen LogP contribution in [0.3, 0.4) is 0 Å². The number of rotatable bonds is 9. The molecule has 1 N–H and O–H groups in total. The zero-order valence-electron chi connectivity index (χ0n) is 16.8. The molecule has 0 saturated heterocycles. The molecule has 0 aliphatic carbocycles. The maximum Gasteiger partial charge on any atom is 0.161 e. The van der Waals surface area contributed by atoms with Gasteiger partial charge in [-0.2, -0.15) is 0 Å². The van der Waals surface area contributed by atoms with Crippen LogP contribution < -0.4 is 19.5 Å². The van der Waals surface area contributed by atoms with Gasteiger partial charge in [-0.25, -0.2) is 4.39 Å². The average Bonchev–Trinajstić information content (AvgIpc) is 2.74. The molecule has 0 saturated carbocycles. The maximum atomic E-state index is 13.2. The van der Waals surface area contributed by atoms with Crippen molar-refractivity contribution in [2.24, 2.45) is 0 Å². The molecule has 3 aromatic rings. The summed E-state index contributed by atoms with van der Waals surface area (Å²) in [5.41, 5.74) is 2.86. The van der Waals surface area contributed by atoms with Crippen LogP contribution in [0.5, 0.6) is 17.2 Å². The van der Waals surface area contributed by atoms with Crippen molar-refractivity contribution in [2.75, 3.05) is 14.2 Å². The van der Waals surface area contributed by atoms with Crippen LogP contribution in [0.15, 0.2) is 60.7 Å². The van der Waals surface area contributed by atoms with Gasteiger partial charge < -0.3 is 19.5 Å². The summed E-state index contributed by atoms with van der Waals surface area (Å²) in [6, 6.07) is 17.9. The Bertz CT molecular complexity index is 969. The lowest BCUT2D eigenvalue weighted by Gasteiger charge is -2.14. The number of nitrogens with one attached hydrogen (secondary N) is 1. The molecule has 4 nitrogen and oxygen atoms in total. The van der Waals surface area contributed by atoms with E-state index >= 15 is 0 Å². The quantitative estimate of drug-likeness (QED) is 0.447. The molecule has 3 aromatic carbocycles. The van der Waals surface area contributed by atoms with E-state index in [9.17, 15) is 4.39 Å². The van der Waals surface area contributed by atoms with Crippen LogP contribution in [-0.4, -0.2) is 14.2 Å². The lowest BCUT2D eigenvalue weighted by molar-refractivity contribution is 0.284. The first kappa shape index (κ1) is 23.8. The van der Waals surface area contributed by atoms with Gasteiger partial charge in [-0.3, -0.25) is 0 Å². The van der Waals surface area contributed by atoms with Gasteiger partial charge in [0, 0.05) is 24.2 Å². The summed E-state index contributed by atoms with van der Waals surface area (Å²) in [4.78, 5) is 0. The van der Waals surface area contributed by atoms with E-state index < -0.39 is 0 Å². The third-order valence-corrected chi connectivity index (χ3v) is 4.82. The molecule has 0 atom stereocenters. The fourth-order valence-corrected chi connectivity index (χ4v) is 3.15. The van der Waals surface area contributed by atoms with Gasteiger partial charge in [-0.05, 0) is 35.9 Å². The van der Waals surface area contributed by atoms with Gasteiger partial charge in [0.25, 0.3) is 0 Å². The lowest BCUT2D eigenvalue weighted by Crippen LogP contribution is -2.13. The highest BCUT2D eigenvalue weighted by atomic mass is 35.5. The summed E-state index contributed by atoms with van der Waals surface area (Å²) in [7, 11) is 3.26. The Morgan fingerprint density at radius 1 is 0.833 bits per heavy atom. The Labute approximate surface area is 187 Å². The van der Waals surface area contributed by atoms with Crippen LogP contribution >= 0.6 is 24.0 Å². The Balaban J connectivity index is 0.00000320. The van der Waals surface area contributed by atoms with Crippen molar-refractivity contribution < 1.29 is 18.6 Å². The molecule has 30 heavy (non-hydrogen) atoms. The van der Waals surface area contributed by atoms with Crippen LogP contribution in [0.25, 0.3) is 0 Å². The predicted molar refractivity (Wildman–Crippen MR) is 120 cm³/mol. The van der Waals surface area contributed by atoms with Crippen molar-refractivity contribution in [3.63, 3.8) is 0 Å². The summed E-state index contributed by atoms with van der Waals surface area (Å²) in [6.45, 7) is 1.58. The fraction of sp³-hybridized carbons (Fsp3) is 0.217. The Morgan fingerprint density at radius 2 is 1.60 bits per heavy atom. The van der Waals surface area contributed by atoms with Crippen molar-refractivity contribution in [1.82, 2.24) is 5.32 Å². The second-order valence-electron chi connectivity index (χ2n) is 6.43. The maximum absolute atomic E-state index is 13.2. The highest BCUT2D eigenvalue weighted by molar-refractivity contribution is 6.31. The highest BCUT2D eigenvalue weighted by Crippen LogP contribution is 2.30. The van der Waals surface area contributed by atoms with Crippen LogP contribution in [-0.2, 0) is 19.7 Å². The summed E-state index contributed by atoms with van der Waals surface area (Å²) in [6.07, 6.45) is 0. The minimum Gasteiger partial charge on any atom is -0.496 e. The molecular formula is C23H24Cl2FNO3. The Hall–Kier alpha value is -2.47. The van der Waals surface area contributed by atoms with E-state index in [0.717, 1.165) is 16.9 Å². The predicted octanol–water partition coefficient (Wildman–Crippen LogP) is 5.79. The molecule has 0 aromatic heterocycles. The molecule has 0 unspecified atom stereocenters. The standard InChI is InChI=1S/C23H23ClFNO3.ClH/c1-27-21-6-4-3-5-17(21)14-26-13-16-7-10-22(23(11-16)28-2)29-15-18-8-9-19(25)12-20(18)24;/h3-12,26H,13-15H2,1-2H3;1H. The summed E-state index contributed by atoms with van der Waals surface area (Å²) in [5.74, 6) is 1.71. The SMILES string of the molecule is COc1ccccc1CNCc1ccc(OCc2ccc(F)cc2Cl)c(OC)c1.Cl. The van der Waals surface area contributed by atoms with E-state index in [-0.39, 0.29) is 24.8 Å². The third-order valence-electron chi connectivity index (χ3n) is 4.46. The molecular weight excluding hydrogens is 428 g/mol. The minimum atomic E-state index is -0.374. The van der Waals surface area contributed by atoms with Crippen LogP contribution in [0.2, 0.25) is 5.02 Å². The summed E-state index contributed by atoms with van der Waals surface area (Å²) >= 11 is 6.06. The van der Waals surface area contributed by atoms with E-state index in [2.05, 4.69) is 5.32 Å². The molecule has 3 rings (SSSR count). The van der Waals surface area contributed by atoms with E-state index in [1.807, 2.05) is 42.5 Å². The largest absolute Gasteiger partial charge is 0.496 e. The Kier molecular flexibility index (Phi) is 9.24. The van der Waals surface area contributed by atoms with Gasteiger partial charge >= 0.3 is 0 Å². The Morgan fingerprint density at radius 3 is 2.33 bits per heavy atom. The molecule has 0 bridgehead atoms. The summed E-state index contributed by atoms with van der Waals surface area (Å²) in [5, 5.41) is 3.74. The number of halogens is 3. The van der Waals surface area contributed by atoms with Gasteiger partial charge in [0.15, 0.2) is 11.5 Å². The van der Waals surface area contributed by atoms with Gasteiger partial charge in [0.2, 0.25) is 0 Å². The smallest absolute Gasteiger partial charge is 0.161 e. The van der Waals surface area contributed by atoms with E-state index in [1.54, 1.807) is 20.3 Å². The number of hydrogen-bond donors (Lipinski definition) is 1. The van der Waals surface area contributed by atoms with Crippen molar-refractivity contribution >= 4 is 24.0 Å². The van der Waals surface area contributed by atoms with Crippen molar-refractivity contribution in [1.29, 1.82) is 0 Å². The van der Waals surface area contributed by atoms with Crippen LogP contribution in [0, 0.1) is 5.82 Å². The molecule has 0 heterocycles. The zero-order chi connectivity index (χ0) is 20.6. The highest BCUT2D eigenvalue weighted by Gasteiger charge is 2.09. The van der Waals surface area contributed by atoms with Gasteiger partial charge in [-0.15, -0.1) is 12.4 Å². The first-order valence-electron chi connectivity index (χ1n) is 9.17. The van der Waals surface area contributed by atoms with E-state index in [0.29, 0.717) is 35.2 Å². The molecule has 0 spiro atoms. The van der Waals surface area contributed by atoms with Crippen molar-refractivity contribution in [3.8, 4) is 17.2 Å². The first-order valence-corrected chi connectivity index (χ1v) is 9.54. The van der Waals surface area contributed by atoms with Crippen molar-refractivity contribution in [2.45, 2.75) is 19.7 Å². The molecule has 0 fully saturated rings. The normalized spacial score (nSPS) is 10.3. The minimum absolute atomic E-state index is 0. The molecule has 0 radical (unpaired) electrons. The third kappa shape index (κ3) is 6.26. The molecule has 0 amide bonds.